The standard InChI is InChI=1S/C15H7Cl3N4S/c16-8-5-10(18)12(6-9(8)17)21-22-13(7-19)15-20-11-3-1-2-4-14(11)23-15/h1-6,21H. The van der Waals surface area contributed by atoms with Gasteiger partial charge in [0.1, 0.15) is 6.07 Å². The molecular formula is C15H7Cl3N4S. The predicted octanol–water partition coefficient (Wildman–Crippen LogP) is 5.60. The van der Waals surface area contributed by atoms with Crippen LogP contribution >= 0.6 is 46.1 Å². The van der Waals surface area contributed by atoms with Gasteiger partial charge in [0, 0.05) is 0 Å². The summed E-state index contributed by atoms with van der Waals surface area (Å²) in [6, 6.07) is 12.7. The maximum absolute atomic E-state index is 9.32. The molecule has 1 N–H and O–H groups in total. The molecule has 0 saturated heterocycles. The summed E-state index contributed by atoms with van der Waals surface area (Å²) in [6.45, 7) is 0. The minimum absolute atomic E-state index is 0.160. The molecule has 3 rings (SSSR count). The molecule has 0 aliphatic heterocycles. The fraction of sp³-hybridized carbons (Fsp3) is 0. The molecule has 0 saturated carbocycles. The second-order valence-electron chi connectivity index (χ2n) is 4.42. The second kappa shape index (κ2) is 6.73. The van der Waals surface area contributed by atoms with E-state index >= 15 is 0 Å². The van der Waals surface area contributed by atoms with E-state index in [2.05, 4.69) is 15.5 Å². The lowest BCUT2D eigenvalue weighted by molar-refractivity contribution is 1.32. The Labute approximate surface area is 150 Å². The third-order valence-corrected chi connectivity index (χ3v) is 4.98. The zero-order valence-corrected chi connectivity index (χ0v) is 14.4. The van der Waals surface area contributed by atoms with E-state index in [0.717, 1.165) is 10.2 Å². The molecule has 0 atom stereocenters. The van der Waals surface area contributed by atoms with E-state index in [-0.39, 0.29) is 5.71 Å². The average Bonchev–Trinajstić information content (AvgIpc) is 2.96. The molecule has 0 fully saturated rings. The van der Waals surface area contributed by atoms with Gasteiger partial charge in [0.25, 0.3) is 0 Å². The van der Waals surface area contributed by atoms with Crippen molar-refractivity contribution in [2.75, 3.05) is 5.43 Å². The van der Waals surface area contributed by atoms with Gasteiger partial charge >= 0.3 is 0 Å². The van der Waals surface area contributed by atoms with Gasteiger partial charge in [-0.2, -0.15) is 10.4 Å². The Hall–Kier alpha value is -1.84. The fourth-order valence-electron chi connectivity index (χ4n) is 1.82. The van der Waals surface area contributed by atoms with Crippen molar-refractivity contribution in [1.82, 2.24) is 4.98 Å². The molecule has 2 aromatic carbocycles. The Kier molecular flexibility index (Phi) is 4.69. The highest BCUT2D eigenvalue weighted by Gasteiger charge is 2.11. The Morgan fingerprint density at radius 1 is 1.13 bits per heavy atom. The highest BCUT2D eigenvalue weighted by atomic mass is 35.5. The first-order valence-corrected chi connectivity index (χ1v) is 8.28. The van der Waals surface area contributed by atoms with Gasteiger partial charge in [0.15, 0.2) is 10.7 Å². The van der Waals surface area contributed by atoms with Gasteiger partial charge in [-0.1, -0.05) is 46.9 Å². The van der Waals surface area contributed by atoms with E-state index in [4.69, 9.17) is 34.8 Å². The van der Waals surface area contributed by atoms with Crippen molar-refractivity contribution in [2.24, 2.45) is 5.10 Å². The molecule has 1 heterocycles. The van der Waals surface area contributed by atoms with Crippen molar-refractivity contribution in [3.8, 4) is 6.07 Å². The third-order valence-electron chi connectivity index (χ3n) is 2.90. The second-order valence-corrected chi connectivity index (χ2v) is 6.67. The molecule has 0 aliphatic rings. The van der Waals surface area contributed by atoms with Gasteiger partial charge in [0.2, 0.25) is 0 Å². The highest BCUT2D eigenvalue weighted by molar-refractivity contribution is 7.20. The van der Waals surface area contributed by atoms with Gasteiger partial charge in [0.05, 0.1) is 31.0 Å². The molecule has 1 aromatic heterocycles. The summed E-state index contributed by atoms with van der Waals surface area (Å²) in [5.41, 5.74) is 4.17. The Morgan fingerprint density at radius 3 is 2.61 bits per heavy atom. The number of hydrogen-bond acceptors (Lipinski definition) is 5. The number of hydrazone groups is 1. The van der Waals surface area contributed by atoms with E-state index in [0.29, 0.717) is 25.8 Å². The quantitative estimate of drug-likeness (QED) is 0.365. The zero-order valence-electron chi connectivity index (χ0n) is 11.3. The summed E-state index contributed by atoms with van der Waals surface area (Å²) in [7, 11) is 0. The van der Waals surface area contributed by atoms with E-state index < -0.39 is 0 Å². The normalized spacial score (nSPS) is 11.5. The first-order chi connectivity index (χ1) is 11.1. The minimum atomic E-state index is 0.160. The molecule has 114 valence electrons. The first kappa shape index (κ1) is 16.0. The number of thiazole rings is 1. The van der Waals surface area contributed by atoms with Crippen LogP contribution in [0.5, 0.6) is 0 Å². The molecule has 0 aliphatic carbocycles. The van der Waals surface area contributed by atoms with Gasteiger partial charge in [-0.05, 0) is 24.3 Å². The van der Waals surface area contributed by atoms with E-state index in [1.54, 1.807) is 6.07 Å². The van der Waals surface area contributed by atoms with E-state index in [1.807, 2.05) is 30.3 Å². The summed E-state index contributed by atoms with van der Waals surface area (Å²) in [5.74, 6) is 0. The van der Waals surface area contributed by atoms with Gasteiger partial charge in [-0.3, -0.25) is 5.43 Å². The van der Waals surface area contributed by atoms with Crippen molar-refractivity contribution in [2.45, 2.75) is 0 Å². The van der Waals surface area contributed by atoms with Gasteiger partial charge in [-0.15, -0.1) is 11.3 Å². The van der Waals surface area contributed by atoms with E-state index in [9.17, 15) is 5.26 Å². The number of benzene rings is 2. The number of nitriles is 1. The van der Waals surface area contributed by atoms with E-state index in [1.165, 1.54) is 17.4 Å². The Bertz CT molecular complexity index is 926. The molecule has 4 nitrogen and oxygen atoms in total. The number of rotatable bonds is 3. The topological polar surface area (TPSA) is 61.1 Å². The number of fused-ring (bicyclic) bond motifs is 1. The lowest BCUT2D eigenvalue weighted by Gasteiger charge is -2.05. The molecule has 0 amide bonds. The van der Waals surface area contributed by atoms with Crippen molar-refractivity contribution < 1.29 is 0 Å². The molecular weight excluding hydrogens is 375 g/mol. The number of nitrogens with zero attached hydrogens (tertiary/aromatic N) is 3. The van der Waals surface area contributed by atoms with Crippen LogP contribution < -0.4 is 5.43 Å². The van der Waals surface area contributed by atoms with Crippen LogP contribution in [-0.4, -0.2) is 10.7 Å². The molecule has 0 radical (unpaired) electrons. The minimum Gasteiger partial charge on any atom is -0.276 e. The number of aromatic nitrogens is 1. The van der Waals surface area contributed by atoms with Crippen LogP contribution in [0.2, 0.25) is 15.1 Å². The summed E-state index contributed by atoms with van der Waals surface area (Å²) < 4.78 is 0.984. The Balaban J connectivity index is 1.93. The SMILES string of the molecule is N#CC(=NNc1cc(Cl)c(Cl)cc1Cl)c1nc2ccccc2s1. The predicted molar refractivity (Wildman–Crippen MR) is 96.9 cm³/mol. The summed E-state index contributed by atoms with van der Waals surface area (Å²) in [6.07, 6.45) is 0. The summed E-state index contributed by atoms with van der Waals surface area (Å²) >= 11 is 19.3. The lowest BCUT2D eigenvalue weighted by atomic mass is 10.3. The first-order valence-electron chi connectivity index (χ1n) is 6.33. The lowest BCUT2D eigenvalue weighted by Crippen LogP contribution is -2.01. The van der Waals surface area contributed by atoms with Crippen LogP contribution in [0, 0.1) is 11.3 Å². The number of hydrogen-bond donors (Lipinski definition) is 1. The van der Waals surface area contributed by atoms with Crippen LogP contribution in [-0.2, 0) is 0 Å². The van der Waals surface area contributed by atoms with Crippen LogP contribution in [0.25, 0.3) is 10.2 Å². The molecule has 23 heavy (non-hydrogen) atoms. The van der Waals surface area contributed by atoms with Crippen LogP contribution in [0.15, 0.2) is 41.5 Å². The van der Waals surface area contributed by atoms with Crippen molar-refractivity contribution in [1.29, 1.82) is 5.26 Å². The van der Waals surface area contributed by atoms with Crippen molar-refractivity contribution >= 4 is 67.8 Å². The summed E-state index contributed by atoms with van der Waals surface area (Å²) in [5, 5.41) is 15.0. The number of nitrogens with one attached hydrogen (secondary N) is 1. The summed E-state index contributed by atoms with van der Waals surface area (Å²) in [4.78, 5) is 4.40. The van der Waals surface area contributed by atoms with Crippen LogP contribution in [0.3, 0.4) is 0 Å². The monoisotopic (exact) mass is 380 g/mol. The maximum Gasteiger partial charge on any atom is 0.196 e. The Morgan fingerprint density at radius 2 is 1.87 bits per heavy atom. The van der Waals surface area contributed by atoms with Crippen LogP contribution in [0.1, 0.15) is 5.01 Å². The number of anilines is 1. The fourth-order valence-corrected chi connectivity index (χ4v) is 3.31. The molecule has 8 heteroatoms. The molecule has 0 spiro atoms. The number of para-hydroxylation sites is 1. The molecule has 0 bridgehead atoms. The highest BCUT2D eigenvalue weighted by Crippen LogP contribution is 2.32. The molecule has 0 unspecified atom stereocenters. The average molecular weight is 382 g/mol. The third kappa shape index (κ3) is 3.41. The van der Waals surface area contributed by atoms with Crippen molar-refractivity contribution in [3.05, 3.63) is 56.5 Å². The largest absolute Gasteiger partial charge is 0.276 e. The van der Waals surface area contributed by atoms with Crippen molar-refractivity contribution in [3.63, 3.8) is 0 Å². The van der Waals surface area contributed by atoms with Gasteiger partial charge in [-0.25, -0.2) is 4.98 Å². The zero-order chi connectivity index (χ0) is 16.4. The number of halogens is 3. The van der Waals surface area contributed by atoms with Crippen LogP contribution in [0.4, 0.5) is 5.69 Å². The maximum atomic E-state index is 9.32. The van der Waals surface area contributed by atoms with Gasteiger partial charge < -0.3 is 0 Å². The molecule has 3 aromatic rings. The smallest absolute Gasteiger partial charge is 0.196 e.